The summed E-state index contributed by atoms with van der Waals surface area (Å²) in [6, 6.07) is 0. The van der Waals surface area contributed by atoms with E-state index in [2.05, 4.69) is 25.4 Å². The molecule has 0 aromatic rings. The van der Waals surface area contributed by atoms with Gasteiger partial charge in [-0.05, 0) is 6.92 Å². The maximum absolute atomic E-state index is 10.8. The van der Waals surface area contributed by atoms with E-state index in [-0.39, 0.29) is 17.9 Å². The molecular weight excluding hydrogens is 228 g/mol. The number of carbonyl (C=O) groups excluding carboxylic acids is 2. The molecule has 0 aliphatic heterocycles. The third-order valence-electron chi connectivity index (χ3n) is 0.990. The summed E-state index contributed by atoms with van der Waals surface area (Å²) in [6.45, 7) is 2.10. The lowest BCUT2D eigenvalue weighted by Gasteiger charge is -2.04. The Kier molecular flexibility index (Phi) is 5.70. The van der Waals surface area contributed by atoms with Crippen molar-refractivity contribution < 1.29 is 19.1 Å². The molecule has 0 saturated heterocycles. The predicted octanol–water partition coefficient (Wildman–Crippen LogP) is 0.876. The van der Waals surface area contributed by atoms with Crippen molar-refractivity contribution in [3.63, 3.8) is 0 Å². The van der Waals surface area contributed by atoms with Crippen molar-refractivity contribution in [3.05, 3.63) is 0 Å². The van der Waals surface area contributed by atoms with E-state index in [0.717, 1.165) is 0 Å². The van der Waals surface area contributed by atoms with Gasteiger partial charge >= 0.3 is 11.9 Å². The molecule has 0 amide bonds. The van der Waals surface area contributed by atoms with Crippen LogP contribution in [0, 0.1) is 0 Å². The van der Waals surface area contributed by atoms with Gasteiger partial charge in [0.05, 0.1) is 7.11 Å². The minimum absolute atomic E-state index is 0.0964. The first-order chi connectivity index (χ1) is 5.56. The molecule has 1 unspecified atom stereocenters. The minimum Gasteiger partial charge on any atom is -0.469 e. The fourth-order valence-corrected chi connectivity index (χ4v) is 0.581. The molecule has 0 aromatic carbocycles. The van der Waals surface area contributed by atoms with Gasteiger partial charge in [-0.3, -0.25) is 9.59 Å². The molecule has 1 atom stereocenters. The number of carbonyl (C=O) groups is 2. The lowest BCUT2D eigenvalue weighted by molar-refractivity contribution is -0.152. The Hall–Kier alpha value is -0.580. The summed E-state index contributed by atoms with van der Waals surface area (Å²) in [5.74, 6) is -1.14. The molecule has 5 heteroatoms. The normalized spacial score (nSPS) is 11.9. The highest BCUT2D eigenvalue weighted by Crippen LogP contribution is 1.99. The first-order valence-electron chi connectivity index (χ1n) is 3.42. The van der Waals surface area contributed by atoms with Gasteiger partial charge in [0.25, 0.3) is 0 Å². The Morgan fingerprint density at radius 1 is 1.42 bits per heavy atom. The van der Waals surface area contributed by atoms with Crippen LogP contribution in [0.5, 0.6) is 0 Å². The average molecular weight is 239 g/mol. The van der Waals surface area contributed by atoms with E-state index in [1.54, 1.807) is 0 Å². The SMILES string of the molecule is COC(=O)CC(=O)OCC(C)Br. The molecule has 0 bridgehead atoms. The predicted molar refractivity (Wildman–Crippen MR) is 46.0 cm³/mol. The first kappa shape index (κ1) is 11.4. The number of halogens is 1. The minimum atomic E-state index is -0.581. The molecule has 0 radical (unpaired) electrons. The van der Waals surface area contributed by atoms with Crippen LogP contribution in [-0.2, 0) is 19.1 Å². The summed E-state index contributed by atoms with van der Waals surface area (Å²) in [7, 11) is 1.22. The van der Waals surface area contributed by atoms with Crippen molar-refractivity contribution in [2.24, 2.45) is 0 Å². The molecule has 0 fully saturated rings. The summed E-state index contributed by atoms with van der Waals surface area (Å²) in [6.07, 6.45) is -0.323. The molecule has 0 aromatic heterocycles. The molecule has 0 rings (SSSR count). The number of ether oxygens (including phenoxy) is 2. The quantitative estimate of drug-likeness (QED) is 0.415. The maximum Gasteiger partial charge on any atom is 0.317 e. The van der Waals surface area contributed by atoms with Crippen LogP contribution in [0.4, 0.5) is 0 Å². The molecule has 0 saturated carbocycles. The van der Waals surface area contributed by atoms with E-state index in [4.69, 9.17) is 0 Å². The van der Waals surface area contributed by atoms with E-state index >= 15 is 0 Å². The zero-order chi connectivity index (χ0) is 9.56. The third kappa shape index (κ3) is 6.15. The zero-order valence-corrected chi connectivity index (χ0v) is 8.59. The molecule has 0 spiro atoms. The number of rotatable bonds is 4. The van der Waals surface area contributed by atoms with Crippen LogP contribution in [-0.4, -0.2) is 30.5 Å². The Bertz CT molecular complexity index is 167. The van der Waals surface area contributed by atoms with Gasteiger partial charge in [0.1, 0.15) is 13.0 Å². The molecule has 4 nitrogen and oxygen atoms in total. The van der Waals surface area contributed by atoms with E-state index in [1.165, 1.54) is 7.11 Å². The summed E-state index contributed by atoms with van der Waals surface area (Å²) in [5.41, 5.74) is 0. The molecule has 70 valence electrons. The molecule has 0 aliphatic rings. The zero-order valence-electron chi connectivity index (χ0n) is 7.00. The fraction of sp³-hybridized carbons (Fsp3) is 0.714. The van der Waals surface area contributed by atoms with Crippen LogP contribution in [0.2, 0.25) is 0 Å². The first-order valence-corrected chi connectivity index (χ1v) is 4.34. The standard InChI is InChI=1S/C7H11BrO4/c1-5(8)4-12-7(10)3-6(9)11-2/h5H,3-4H2,1-2H3. The number of hydrogen-bond acceptors (Lipinski definition) is 4. The lowest BCUT2D eigenvalue weighted by Crippen LogP contribution is -2.15. The van der Waals surface area contributed by atoms with Crippen LogP contribution >= 0.6 is 15.9 Å². The monoisotopic (exact) mass is 238 g/mol. The molecular formula is C7H11BrO4. The molecule has 0 heterocycles. The Morgan fingerprint density at radius 2 is 2.00 bits per heavy atom. The second-order valence-electron chi connectivity index (χ2n) is 2.22. The highest BCUT2D eigenvalue weighted by atomic mass is 79.9. The number of hydrogen-bond donors (Lipinski definition) is 0. The van der Waals surface area contributed by atoms with Crippen molar-refractivity contribution >= 4 is 27.9 Å². The second-order valence-corrected chi connectivity index (χ2v) is 3.78. The van der Waals surface area contributed by atoms with Gasteiger partial charge in [-0.2, -0.15) is 0 Å². The Balaban J connectivity index is 3.53. The van der Waals surface area contributed by atoms with E-state index in [1.807, 2.05) is 6.92 Å². The van der Waals surface area contributed by atoms with Crippen LogP contribution in [0.25, 0.3) is 0 Å². The van der Waals surface area contributed by atoms with Crippen LogP contribution < -0.4 is 0 Å². The van der Waals surface area contributed by atoms with E-state index in [0.29, 0.717) is 0 Å². The van der Waals surface area contributed by atoms with Crippen LogP contribution in [0.15, 0.2) is 0 Å². The largest absolute Gasteiger partial charge is 0.469 e. The third-order valence-corrected chi connectivity index (χ3v) is 1.25. The highest BCUT2D eigenvalue weighted by molar-refractivity contribution is 9.09. The van der Waals surface area contributed by atoms with E-state index in [9.17, 15) is 9.59 Å². The molecule has 0 aliphatic carbocycles. The van der Waals surface area contributed by atoms with Gasteiger partial charge in [0.2, 0.25) is 0 Å². The van der Waals surface area contributed by atoms with E-state index < -0.39 is 11.9 Å². The summed E-state index contributed by atoms with van der Waals surface area (Å²) in [4.78, 5) is 21.4. The topological polar surface area (TPSA) is 52.6 Å². The Labute approximate surface area is 79.3 Å². The van der Waals surface area contributed by atoms with Crippen molar-refractivity contribution in [1.29, 1.82) is 0 Å². The number of alkyl halides is 1. The smallest absolute Gasteiger partial charge is 0.317 e. The van der Waals surface area contributed by atoms with Gasteiger partial charge < -0.3 is 9.47 Å². The van der Waals surface area contributed by atoms with Gasteiger partial charge in [-0.25, -0.2) is 0 Å². The summed E-state index contributed by atoms with van der Waals surface area (Å²) < 4.78 is 8.97. The number of esters is 2. The van der Waals surface area contributed by atoms with Gasteiger partial charge in [-0.1, -0.05) is 15.9 Å². The van der Waals surface area contributed by atoms with Crippen LogP contribution in [0.3, 0.4) is 0 Å². The van der Waals surface area contributed by atoms with Gasteiger partial charge in [0, 0.05) is 4.83 Å². The second kappa shape index (κ2) is 5.99. The average Bonchev–Trinajstić information content (AvgIpc) is 2.00. The van der Waals surface area contributed by atoms with Gasteiger partial charge in [0.15, 0.2) is 0 Å². The Morgan fingerprint density at radius 3 is 2.42 bits per heavy atom. The highest BCUT2D eigenvalue weighted by Gasteiger charge is 2.10. The molecule has 12 heavy (non-hydrogen) atoms. The van der Waals surface area contributed by atoms with Crippen molar-refractivity contribution in [1.82, 2.24) is 0 Å². The maximum atomic E-state index is 10.8. The van der Waals surface area contributed by atoms with Crippen molar-refractivity contribution in [2.45, 2.75) is 18.2 Å². The van der Waals surface area contributed by atoms with Crippen molar-refractivity contribution in [3.8, 4) is 0 Å². The summed E-state index contributed by atoms with van der Waals surface area (Å²) >= 11 is 3.19. The number of methoxy groups -OCH3 is 1. The lowest BCUT2D eigenvalue weighted by atomic mass is 10.4. The van der Waals surface area contributed by atoms with Gasteiger partial charge in [-0.15, -0.1) is 0 Å². The fourth-order valence-electron chi connectivity index (χ4n) is 0.449. The van der Waals surface area contributed by atoms with Crippen molar-refractivity contribution in [2.75, 3.05) is 13.7 Å². The summed E-state index contributed by atoms with van der Waals surface area (Å²) in [5, 5.41) is 0. The van der Waals surface area contributed by atoms with Crippen LogP contribution in [0.1, 0.15) is 13.3 Å². The molecule has 0 N–H and O–H groups in total.